The maximum Gasteiger partial charge on any atom is 0.322 e. The lowest BCUT2D eigenvalue weighted by atomic mass is 10.0. The summed E-state index contributed by atoms with van der Waals surface area (Å²) in [6.45, 7) is 5.01. The number of fused-ring (bicyclic) bond motifs is 1. The fraction of sp³-hybridized carbons (Fsp3) is 0.421. The predicted octanol–water partition coefficient (Wildman–Crippen LogP) is 2.36. The van der Waals surface area contributed by atoms with E-state index in [0.717, 1.165) is 17.8 Å². The lowest BCUT2D eigenvalue weighted by molar-refractivity contribution is -0.135. The SMILES string of the molecule is C[C@H]1[C@H](C)n2ncc(N3CCNC3=O)c2CN1C(=O)Cc1cc(F)c(F)c(F)c1. The van der Waals surface area contributed by atoms with Crippen molar-refractivity contribution < 1.29 is 22.8 Å². The molecule has 154 valence electrons. The first-order valence-corrected chi connectivity index (χ1v) is 9.32. The number of nitrogens with zero attached hydrogens (tertiary/aromatic N) is 4. The van der Waals surface area contributed by atoms with Crippen molar-refractivity contribution in [2.45, 2.75) is 38.9 Å². The summed E-state index contributed by atoms with van der Waals surface area (Å²) >= 11 is 0. The van der Waals surface area contributed by atoms with Crippen LogP contribution in [0.1, 0.15) is 31.1 Å². The zero-order chi connectivity index (χ0) is 20.9. The monoisotopic (exact) mass is 407 g/mol. The molecule has 0 aliphatic carbocycles. The number of carbonyl (C=O) groups excluding carboxylic acids is 2. The van der Waals surface area contributed by atoms with Crippen molar-refractivity contribution in [3.05, 3.63) is 47.0 Å². The molecule has 0 unspecified atom stereocenters. The van der Waals surface area contributed by atoms with Crippen LogP contribution >= 0.6 is 0 Å². The van der Waals surface area contributed by atoms with Crippen molar-refractivity contribution in [3.8, 4) is 0 Å². The summed E-state index contributed by atoms with van der Waals surface area (Å²) in [4.78, 5) is 28.1. The molecule has 0 saturated carbocycles. The van der Waals surface area contributed by atoms with Crippen molar-refractivity contribution in [2.24, 2.45) is 0 Å². The molecule has 1 N–H and O–H groups in total. The fourth-order valence-corrected chi connectivity index (χ4v) is 3.88. The van der Waals surface area contributed by atoms with Crippen molar-refractivity contribution in [1.82, 2.24) is 20.0 Å². The number of hydrogen-bond donors (Lipinski definition) is 1. The van der Waals surface area contributed by atoms with Crippen LogP contribution in [0, 0.1) is 17.5 Å². The molecule has 0 radical (unpaired) electrons. The summed E-state index contributed by atoms with van der Waals surface area (Å²) in [7, 11) is 0. The van der Waals surface area contributed by atoms with Gasteiger partial charge in [0.2, 0.25) is 5.91 Å². The summed E-state index contributed by atoms with van der Waals surface area (Å²) in [6.07, 6.45) is 1.35. The largest absolute Gasteiger partial charge is 0.336 e. The highest BCUT2D eigenvalue weighted by atomic mass is 19.2. The Morgan fingerprint density at radius 1 is 1.21 bits per heavy atom. The first kappa shape index (κ1) is 19.3. The fourth-order valence-electron chi connectivity index (χ4n) is 3.88. The van der Waals surface area contributed by atoms with Crippen molar-refractivity contribution >= 4 is 17.6 Å². The minimum atomic E-state index is -1.56. The Hall–Kier alpha value is -3.04. The number of aromatic nitrogens is 2. The van der Waals surface area contributed by atoms with Crippen LogP contribution in [0.2, 0.25) is 0 Å². The van der Waals surface area contributed by atoms with Crippen LogP contribution in [-0.4, -0.2) is 45.8 Å². The van der Waals surface area contributed by atoms with Gasteiger partial charge >= 0.3 is 6.03 Å². The van der Waals surface area contributed by atoms with Gasteiger partial charge in [0.1, 0.15) is 0 Å². The van der Waals surface area contributed by atoms with Crippen LogP contribution in [0.4, 0.5) is 23.7 Å². The van der Waals surface area contributed by atoms with Gasteiger partial charge in [0.15, 0.2) is 17.5 Å². The topological polar surface area (TPSA) is 70.5 Å². The van der Waals surface area contributed by atoms with Crippen LogP contribution in [0.25, 0.3) is 0 Å². The highest BCUT2D eigenvalue weighted by Crippen LogP contribution is 2.33. The van der Waals surface area contributed by atoms with Gasteiger partial charge in [0.05, 0.1) is 42.6 Å². The van der Waals surface area contributed by atoms with Crippen molar-refractivity contribution in [1.29, 1.82) is 0 Å². The Labute approximate surface area is 165 Å². The minimum absolute atomic E-state index is 0.0597. The van der Waals surface area contributed by atoms with Gasteiger partial charge in [0.25, 0.3) is 0 Å². The highest BCUT2D eigenvalue weighted by Gasteiger charge is 2.37. The average molecular weight is 407 g/mol. The summed E-state index contributed by atoms with van der Waals surface area (Å²) in [5, 5.41) is 7.13. The zero-order valence-corrected chi connectivity index (χ0v) is 16.0. The molecule has 10 heteroatoms. The normalized spacial score (nSPS) is 21.3. The Kier molecular flexibility index (Phi) is 4.71. The number of urea groups is 1. The Morgan fingerprint density at radius 2 is 1.90 bits per heavy atom. The molecule has 1 saturated heterocycles. The van der Waals surface area contributed by atoms with E-state index in [1.807, 2.05) is 13.8 Å². The zero-order valence-electron chi connectivity index (χ0n) is 16.0. The van der Waals surface area contributed by atoms with E-state index in [-0.39, 0.29) is 42.6 Å². The number of hydrogen-bond acceptors (Lipinski definition) is 3. The summed E-state index contributed by atoms with van der Waals surface area (Å²) in [6, 6.07) is 1.05. The van der Waals surface area contributed by atoms with Gasteiger partial charge < -0.3 is 10.2 Å². The molecule has 2 aliphatic heterocycles. The molecule has 29 heavy (non-hydrogen) atoms. The second-order valence-corrected chi connectivity index (χ2v) is 7.36. The van der Waals surface area contributed by atoms with E-state index in [1.165, 1.54) is 0 Å². The van der Waals surface area contributed by atoms with Crippen molar-refractivity contribution in [3.63, 3.8) is 0 Å². The molecule has 0 bridgehead atoms. The van der Waals surface area contributed by atoms with E-state index in [0.29, 0.717) is 18.8 Å². The molecule has 7 nitrogen and oxygen atoms in total. The summed E-state index contributed by atoms with van der Waals surface area (Å²) < 4.78 is 42.0. The number of halogens is 3. The molecule has 4 rings (SSSR count). The van der Waals surface area contributed by atoms with Crippen molar-refractivity contribution in [2.75, 3.05) is 18.0 Å². The quantitative estimate of drug-likeness (QED) is 0.795. The van der Waals surface area contributed by atoms with Gasteiger partial charge in [-0.1, -0.05) is 0 Å². The van der Waals surface area contributed by atoms with E-state index in [1.54, 1.807) is 20.7 Å². The Bertz CT molecular complexity index is 969. The molecule has 2 atom stereocenters. The number of anilines is 1. The van der Waals surface area contributed by atoms with Crippen LogP contribution < -0.4 is 10.2 Å². The van der Waals surface area contributed by atoms with E-state index in [2.05, 4.69) is 10.4 Å². The highest BCUT2D eigenvalue weighted by molar-refractivity contribution is 5.94. The third-order valence-corrected chi connectivity index (χ3v) is 5.64. The van der Waals surface area contributed by atoms with Gasteiger partial charge in [-0.05, 0) is 31.5 Å². The standard InChI is InChI=1S/C19H20F3N5O2/c1-10-11(2)27-16(15(8-24-27)25-4-3-23-19(25)29)9-26(10)17(28)7-12-5-13(20)18(22)14(21)6-12/h5-6,8,10-11H,3-4,7,9H2,1-2H3,(H,23,29)/t10-,11-/m0/s1. The molecule has 1 fully saturated rings. The van der Waals surface area contributed by atoms with Crippen LogP contribution in [0.5, 0.6) is 0 Å². The molecule has 2 aromatic rings. The Balaban J connectivity index is 1.60. The number of benzene rings is 1. The van der Waals surface area contributed by atoms with Gasteiger partial charge in [-0.25, -0.2) is 18.0 Å². The van der Waals surface area contributed by atoms with Crippen LogP contribution in [0.3, 0.4) is 0 Å². The lowest BCUT2D eigenvalue weighted by Gasteiger charge is -2.39. The predicted molar refractivity (Wildman–Crippen MR) is 97.7 cm³/mol. The van der Waals surface area contributed by atoms with E-state index in [4.69, 9.17) is 0 Å². The molecule has 0 spiro atoms. The van der Waals surface area contributed by atoms with Gasteiger partial charge in [-0.2, -0.15) is 5.10 Å². The van der Waals surface area contributed by atoms with Gasteiger partial charge in [0, 0.05) is 13.1 Å². The first-order chi connectivity index (χ1) is 13.8. The smallest absolute Gasteiger partial charge is 0.322 e. The average Bonchev–Trinajstić information content (AvgIpc) is 3.28. The second kappa shape index (κ2) is 7.09. The Morgan fingerprint density at radius 3 is 2.52 bits per heavy atom. The molecule has 3 amide bonds. The van der Waals surface area contributed by atoms with Gasteiger partial charge in [-0.3, -0.25) is 14.4 Å². The first-order valence-electron chi connectivity index (χ1n) is 9.32. The second-order valence-electron chi connectivity index (χ2n) is 7.36. The number of rotatable bonds is 3. The number of carbonyl (C=O) groups is 2. The van der Waals surface area contributed by atoms with Crippen LogP contribution in [0.15, 0.2) is 18.3 Å². The molecule has 1 aromatic carbocycles. The van der Waals surface area contributed by atoms with E-state index < -0.39 is 17.5 Å². The number of nitrogens with one attached hydrogen (secondary N) is 1. The molecule has 2 aliphatic rings. The molecular weight excluding hydrogens is 387 g/mol. The molecule has 1 aromatic heterocycles. The van der Waals surface area contributed by atoms with E-state index >= 15 is 0 Å². The molecular formula is C19H20F3N5O2. The summed E-state index contributed by atoms with van der Waals surface area (Å²) in [5.74, 6) is -4.56. The van der Waals surface area contributed by atoms with E-state index in [9.17, 15) is 22.8 Å². The minimum Gasteiger partial charge on any atom is -0.336 e. The maximum atomic E-state index is 13.5. The van der Waals surface area contributed by atoms with Gasteiger partial charge in [-0.15, -0.1) is 0 Å². The third kappa shape index (κ3) is 3.22. The number of amides is 3. The maximum absolute atomic E-state index is 13.5. The lowest BCUT2D eigenvalue weighted by Crippen LogP contribution is -2.48. The summed E-state index contributed by atoms with van der Waals surface area (Å²) in [5.41, 5.74) is 1.41. The molecule has 3 heterocycles. The van der Waals surface area contributed by atoms with Crippen LogP contribution in [-0.2, 0) is 17.8 Å². The third-order valence-electron chi connectivity index (χ3n) is 5.64.